The summed E-state index contributed by atoms with van der Waals surface area (Å²) in [6, 6.07) is 5.81. The first-order chi connectivity index (χ1) is 8.00. The third-order valence-electron chi connectivity index (χ3n) is 2.56. The van der Waals surface area contributed by atoms with E-state index in [-0.39, 0.29) is 11.8 Å². The lowest BCUT2D eigenvalue weighted by Crippen LogP contribution is -2.43. The van der Waals surface area contributed by atoms with Gasteiger partial charge in [0.15, 0.2) is 5.69 Å². The van der Waals surface area contributed by atoms with Crippen LogP contribution in [0.15, 0.2) is 28.4 Å². The Hall–Kier alpha value is -2.37. The Morgan fingerprint density at radius 1 is 1.47 bits per heavy atom. The van der Waals surface area contributed by atoms with Crippen molar-refractivity contribution in [1.82, 2.24) is 4.57 Å². The van der Waals surface area contributed by atoms with Gasteiger partial charge < -0.3 is 9.67 Å². The molecule has 88 valence electrons. The maximum absolute atomic E-state index is 9.94. The van der Waals surface area contributed by atoms with Crippen LogP contribution in [0.2, 0.25) is 0 Å². The normalized spacial score (nSPS) is 11.4. The van der Waals surface area contributed by atoms with Crippen molar-refractivity contribution < 1.29 is 10.5 Å². The summed E-state index contributed by atoms with van der Waals surface area (Å²) in [4.78, 5) is 0. The Morgan fingerprint density at radius 3 is 2.82 bits per heavy atom. The maximum Gasteiger partial charge on any atom is 0.403 e. The molecule has 0 unspecified atom stereocenters. The lowest BCUT2D eigenvalue weighted by Gasteiger charge is -1.96. The van der Waals surface area contributed by atoms with Crippen LogP contribution in [0, 0.1) is 6.92 Å². The molecule has 1 aromatic carbocycles. The van der Waals surface area contributed by atoms with Crippen LogP contribution in [0.1, 0.15) is 5.56 Å². The van der Waals surface area contributed by atoms with E-state index in [0.717, 1.165) is 16.5 Å². The van der Waals surface area contributed by atoms with Crippen molar-refractivity contribution in [3.63, 3.8) is 0 Å². The summed E-state index contributed by atoms with van der Waals surface area (Å²) >= 11 is 0. The van der Waals surface area contributed by atoms with E-state index < -0.39 is 0 Å². The molecule has 0 bridgehead atoms. The number of aromatic hydroxyl groups is 1. The molecule has 0 saturated carbocycles. The fraction of sp³-hybridized carbons (Fsp3) is 0.182. The predicted molar refractivity (Wildman–Crippen MR) is 65.0 cm³/mol. The Bertz CT molecular complexity index is 626. The maximum atomic E-state index is 9.94. The average Bonchev–Trinajstić information content (AvgIpc) is 2.49. The number of guanidine groups is 1. The molecule has 2 rings (SSSR count). The molecule has 5 N–H and O–H groups in total. The smallest absolute Gasteiger partial charge is 0.403 e. The molecule has 0 radical (unpaired) electrons. The zero-order valence-electron chi connectivity index (χ0n) is 9.68. The van der Waals surface area contributed by atoms with Gasteiger partial charge in [-0.3, -0.25) is 11.1 Å². The molecule has 1 aromatic heterocycles. The highest BCUT2D eigenvalue weighted by molar-refractivity contribution is 5.95. The van der Waals surface area contributed by atoms with Gasteiger partial charge in [-0.2, -0.15) is 0 Å². The molecule has 6 nitrogen and oxygen atoms in total. The van der Waals surface area contributed by atoms with E-state index in [2.05, 4.69) is 10.2 Å². The molecule has 0 atom stereocenters. The monoisotopic (exact) mass is 232 g/mol. The second kappa shape index (κ2) is 3.89. The molecule has 1 heterocycles. The average molecular weight is 232 g/mol. The molecule has 0 aliphatic carbocycles. The van der Waals surface area contributed by atoms with Crippen molar-refractivity contribution in [3.8, 4) is 5.88 Å². The van der Waals surface area contributed by atoms with Crippen molar-refractivity contribution in [2.75, 3.05) is 0 Å². The van der Waals surface area contributed by atoms with Gasteiger partial charge in [0.05, 0.1) is 5.52 Å². The quantitative estimate of drug-likeness (QED) is 0.375. The van der Waals surface area contributed by atoms with Crippen molar-refractivity contribution in [3.05, 3.63) is 23.8 Å². The Kier molecular flexibility index (Phi) is 2.55. The first-order valence-corrected chi connectivity index (χ1v) is 5.08. The van der Waals surface area contributed by atoms with E-state index in [9.17, 15) is 5.11 Å². The molecule has 0 aliphatic rings. The van der Waals surface area contributed by atoms with Crippen LogP contribution in [-0.4, -0.2) is 15.6 Å². The largest absolute Gasteiger partial charge is 0.493 e. The SMILES string of the molecule is Cc1ccc2c(c1)c(N=NC(N)=[NH2+])c(O)n2C. The lowest BCUT2D eigenvalue weighted by atomic mass is 10.1. The van der Waals surface area contributed by atoms with Gasteiger partial charge in [0.25, 0.3) is 0 Å². The van der Waals surface area contributed by atoms with E-state index in [1.54, 1.807) is 11.6 Å². The second-order valence-electron chi connectivity index (χ2n) is 3.88. The minimum Gasteiger partial charge on any atom is -0.493 e. The first-order valence-electron chi connectivity index (χ1n) is 5.08. The van der Waals surface area contributed by atoms with Crippen LogP contribution in [-0.2, 0) is 7.05 Å². The standard InChI is InChI=1S/C11H13N5O/c1-6-3-4-8-7(5-6)9(10(17)16(8)2)14-15-11(12)13/h3-5,17H,1-2H3,(H3,12,13)/p+1. The number of aryl methyl sites for hydroxylation is 2. The van der Waals surface area contributed by atoms with Crippen LogP contribution < -0.4 is 11.1 Å². The molecule has 0 amide bonds. The van der Waals surface area contributed by atoms with Gasteiger partial charge in [-0.25, -0.2) is 0 Å². The number of azo groups is 1. The van der Waals surface area contributed by atoms with Gasteiger partial charge in [-0.15, -0.1) is 0 Å². The van der Waals surface area contributed by atoms with Crippen molar-refractivity contribution in [1.29, 1.82) is 0 Å². The third kappa shape index (κ3) is 1.84. The number of fused-ring (bicyclic) bond motifs is 1. The van der Waals surface area contributed by atoms with Crippen molar-refractivity contribution >= 4 is 22.5 Å². The zero-order valence-corrected chi connectivity index (χ0v) is 9.68. The summed E-state index contributed by atoms with van der Waals surface area (Å²) < 4.78 is 1.63. The van der Waals surface area contributed by atoms with Crippen molar-refractivity contribution in [2.45, 2.75) is 6.92 Å². The van der Waals surface area contributed by atoms with Gasteiger partial charge >= 0.3 is 5.96 Å². The molecule has 6 heteroatoms. The second-order valence-corrected chi connectivity index (χ2v) is 3.88. The van der Waals surface area contributed by atoms with Crippen molar-refractivity contribution in [2.24, 2.45) is 23.0 Å². The van der Waals surface area contributed by atoms with E-state index >= 15 is 0 Å². The highest BCUT2D eigenvalue weighted by Crippen LogP contribution is 2.38. The summed E-state index contributed by atoms with van der Waals surface area (Å²) in [7, 11) is 1.75. The Balaban J connectivity index is 2.72. The Morgan fingerprint density at radius 2 is 2.18 bits per heavy atom. The fourth-order valence-electron chi connectivity index (χ4n) is 1.73. The van der Waals surface area contributed by atoms with Crippen LogP contribution in [0.4, 0.5) is 5.69 Å². The highest BCUT2D eigenvalue weighted by Gasteiger charge is 2.15. The Labute approximate surface area is 97.9 Å². The third-order valence-corrected chi connectivity index (χ3v) is 2.56. The predicted octanol–water partition coefficient (Wildman–Crippen LogP) is 0.350. The van der Waals surface area contributed by atoms with E-state index in [4.69, 9.17) is 11.1 Å². The molecule has 2 aromatic rings. The number of nitrogens with two attached hydrogens (primary N) is 2. The molecule has 0 spiro atoms. The summed E-state index contributed by atoms with van der Waals surface area (Å²) in [5.74, 6) is -0.107. The van der Waals surface area contributed by atoms with Crippen LogP contribution in [0.5, 0.6) is 5.88 Å². The number of hydrogen-bond acceptors (Lipinski definition) is 2. The highest BCUT2D eigenvalue weighted by atomic mass is 16.3. The molecule has 0 fully saturated rings. The van der Waals surface area contributed by atoms with Gasteiger partial charge in [0.2, 0.25) is 5.88 Å². The zero-order chi connectivity index (χ0) is 12.6. The first kappa shape index (κ1) is 11.1. The lowest BCUT2D eigenvalue weighted by molar-refractivity contribution is -0.117. The van der Waals surface area contributed by atoms with Gasteiger partial charge in [0.1, 0.15) is 0 Å². The van der Waals surface area contributed by atoms with Crippen LogP contribution in [0.3, 0.4) is 0 Å². The number of aromatic nitrogens is 1. The van der Waals surface area contributed by atoms with E-state index in [1.165, 1.54) is 0 Å². The summed E-state index contributed by atoms with van der Waals surface area (Å²) in [5.41, 5.74) is 7.54. The summed E-state index contributed by atoms with van der Waals surface area (Å²) in [6.45, 7) is 1.97. The number of rotatable bonds is 1. The molecule has 17 heavy (non-hydrogen) atoms. The topological polar surface area (TPSA) is 101 Å². The minimum atomic E-state index is -0.144. The van der Waals surface area contributed by atoms with Gasteiger partial charge in [-0.05, 0) is 19.1 Å². The summed E-state index contributed by atoms with van der Waals surface area (Å²) in [6.07, 6.45) is 0. The van der Waals surface area contributed by atoms with Gasteiger partial charge in [-0.1, -0.05) is 16.7 Å². The molecule has 0 aliphatic heterocycles. The van der Waals surface area contributed by atoms with Crippen LogP contribution in [0.25, 0.3) is 10.9 Å². The van der Waals surface area contributed by atoms with Gasteiger partial charge in [0, 0.05) is 17.5 Å². The van der Waals surface area contributed by atoms with E-state index in [1.807, 2.05) is 25.1 Å². The number of nitrogens with zero attached hydrogens (tertiary/aromatic N) is 3. The molecule has 0 saturated heterocycles. The number of benzene rings is 1. The molecular formula is C11H14N5O+. The molecular weight excluding hydrogens is 218 g/mol. The summed E-state index contributed by atoms with van der Waals surface area (Å²) in [5, 5.41) is 23.4. The van der Waals surface area contributed by atoms with E-state index in [0.29, 0.717) is 5.69 Å². The minimum absolute atomic E-state index is 0.0376. The van der Waals surface area contributed by atoms with Crippen LogP contribution >= 0.6 is 0 Å². The fourth-order valence-corrected chi connectivity index (χ4v) is 1.73. The number of hydrogen-bond donors (Lipinski definition) is 3.